The fourth-order valence-electron chi connectivity index (χ4n) is 1.38. The van der Waals surface area contributed by atoms with Gasteiger partial charge in [0.1, 0.15) is 4.91 Å². The third-order valence-corrected chi connectivity index (χ3v) is 3.90. The van der Waals surface area contributed by atoms with Gasteiger partial charge in [0.25, 0.3) is 5.22 Å². The zero-order valence-corrected chi connectivity index (χ0v) is 13.6. The van der Waals surface area contributed by atoms with Gasteiger partial charge in [0.15, 0.2) is 0 Å². The molecule has 0 aliphatic rings. The van der Waals surface area contributed by atoms with Crippen LogP contribution in [0.25, 0.3) is 6.08 Å². The van der Waals surface area contributed by atoms with Gasteiger partial charge in [0, 0.05) is 16.4 Å². The highest BCUT2D eigenvalue weighted by molar-refractivity contribution is 9.10. The highest BCUT2D eigenvalue weighted by atomic mass is 79.9. The summed E-state index contributed by atoms with van der Waals surface area (Å²) < 4.78 is 5.36. The zero-order chi connectivity index (χ0) is 15.6. The number of nitrogens with zero attached hydrogens (tertiary/aromatic N) is 2. The SMILES string of the molecule is Cc1nnc(S/C(=C\c2cc(Cl)cc(Br)c2[O-])C(=O)O)o1. The summed E-state index contributed by atoms with van der Waals surface area (Å²) in [6.07, 6.45) is 1.21. The van der Waals surface area contributed by atoms with Crippen molar-refractivity contribution in [3.05, 3.63) is 38.0 Å². The first-order valence-electron chi connectivity index (χ1n) is 5.46. The molecule has 6 nitrogen and oxygen atoms in total. The molecule has 21 heavy (non-hydrogen) atoms. The summed E-state index contributed by atoms with van der Waals surface area (Å²) >= 11 is 9.69. The van der Waals surface area contributed by atoms with Gasteiger partial charge in [0.05, 0.1) is 0 Å². The highest BCUT2D eigenvalue weighted by Crippen LogP contribution is 2.34. The molecule has 1 aromatic heterocycles. The van der Waals surface area contributed by atoms with Gasteiger partial charge in [-0.05, 0) is 35.5 Å². The van der Waals surface area contributed by atoms with Crippen molar-refractivity contribution in [1.29, 1.82) is 0 Å². The van der Waals surface area contributed by atoms with Crippen LogP contribution < -0.4 is 5.11 Å². The molecule has 110 valence electrons. The highest BCUT2D eigenvalue weighted by Gasteiger charge is 2.14. The summed E-state index contributed by atoms with van der Waals surface area (Å²) in [5.41, 5.74) is 0.149. The van der Waals surface area contributed by atoms with Crippen LogP contribution in [-0.2, 0) is 4.79 Å². The number of benzene rings is 1. The van der Waals surface area contributed by atoms with Gasteiger partial charge in [-0.25, -0.2) is 4.79 Å². The molecule has 2 rings (SSSR count). The van der Waals surface area contributed by atoms with Crippen LogP contribution in [0.15, 0.2) is 31.2 Å². The number of carboxylic acid groups (broad SMARTS) is 1. The summed E-state index contributed by atoms with van der Waals surface area (Å²) in [4.78, 5) is 11.1. The van der Waals surface area contributed by atoms with Crippen LogP contribution >= 0.6 is 39.3 Å². The van der Waals surface area contributed by atoms with E-state index in [2.05, 4.69) is 26.1 Å². The van der Waals surface area contributed by atoms with Crippen LogP contribution in [0, 0.1) is 6.92 Å². The number of carboxylic acids is 1. The third-order valence-electron chi connectivity index (χ3n) is 2.24. The number of rotatable bonds is 4. The lowest BCUT2D eigenvalue weighted by Crippen LogP contribution is -1.99. The van der Waals surface area contributed by atoms with Crippen LogP contribution in [0.4, 0.5) is 0 Å². The van der Waals surface area contributed by atoms with Crippen molar-refractivity contribution in [3.63, 3.8) is 0 Å². The molecule has 9 heteroatoms. The quantitative estimate of drug-likeness (QED) is 0.632. The van der Waals surface area contributed by atoms with E-state index >= 15 is 0 Å². The average molecular weight is 391 g/mol. The molecule has 1 heterocycles. The van der Waals surface area contributed by atoms with E-state index in [-0.39, 0.29) is 25.9 Å². The second-order valence-electron chi connectivity index (χ2n) is 3.81. The molecule has 0 aliphatic heterocycles. The Morgan fingerprint density at radius 2 is 2.24 bits per heavy atom. The number of aliphatic carboxylic acids is 1. The van der Waals surface area contributed by atoms with Gasteiger partial charge < -0.3 is 14.6 Å². The predicted molar refractivity (Wildman–Crippen MR) is 79.1 cm³/mol. The maximum Gasteiger partial charge on any atom is 0.342 e. The molecule has 0 spiro atoms. The molecule has 1 N–H and O–H groups in total. The Balaban J connectivity index is 2.40. The van der Waals surface area contributed by atoms with Gasteiger partial charge in [-0.1, -0.05) is 33.3 Å². The van der Waals surface area contributed by atoms with Gasteiger partial charge in [-0.2, -0.15) is 0 Å². The monoisotopic (exact) mass is 389 g/mol. The van der Waals surface area contributed by atoms with Gasteiger partial charge in [-0.3, -0.25) is 0 Å². The lowest BCUT2D eigenvalue weighted by atomic mass is 10.2. The maximum atomic E-state index is 11.9. The van der Waals surface area contributed by atoms with E-state index in [1.807, 2.05) is 0 Å². The van der Waals surface area contributed by atoms with Crippen molar-refractivity contribution in [2.75, 3.05) is 0 Å². The molecule has 1 aromatic carbocycles. The minimum Gasteiger partial charge on any atom is -0.871 e. The van der Waals surface area contributed by atoms with Crippen LogP contribution in [0.2, 0.25) is 5.02 Å². The normalized spacial score (nSPS) is 11.7. The minimum atomic E-state index is -1.22. The standard InChI is InChI=1S/C12H8BrClN2O4S/c1-5-15-16-12(20-5)21-9(11(18)19)3-6-2-7(14)4-8(13)10(6)17/h2-4,17H,1H3,(H,18,19)/p-1/b9-3-. The average Bonchev–Trinajstić information content (AvgIpc) is 2.79. The molecule has 0 aliphatic carbocycles. The van der Waals surface area contributed by atoms with E-state index in [0.29, 0.717) is 10.9 Å². The van der Waals surface area contributed by atoms with Crippen LogP contribution in [0.5, 0.6) is 5.75 Å². The lowest BCUT2D eigenvalue weighted by Gasteiger charge is -2.14. The number of halogens is 2. The summed E-state index contributed by atoms with van der Waals surface area (Å²) in [6, 6.07) is 2.83. The molecule has 0 atom stereocenters. The summed E-state index contributed by atoms with van der Waals surface area (Å²) in [7, 11) is 0. The summed E-state index contributed by atoms with van der Waals surface area (Å²) in [6.45, 7) is 1.59. The van der Waals surface area contributed by atoms with Crippen LogP contribution in [-0.4, -0.2) is 21.3 Å². The number of hydrogen-bond acceptors (Lipinski definition) is 6. The molecule has 0 fully saturated rings. The number of hydrogen-bond donors (Lipinski definition) is 1. The first-order valence-corrected chi connectivity index (χ1v) is 7.44. The second kappa shape index (κ2) is 6.50. The van der Waals surface area contributed by atoms with E-state index in [0.717, 1.165) is 11.8 Å². The molecule has 0 radical (unpaired) electrons. The predicted octanol–water partition coefficient (Wildman–Crippen LogP) is 3.09. The third kappa shape index (κ3) is 3.99. The largest absolute Gasteiger partial charge is 0.871 e. The van der Waals surface area contributed by atoms with Crippen molar-refractivity contribution in [3.8, 4) is 5.75 Å². The van der Waals surface area contributed by atoms with Crippen molar-refractivity contribution in [2.24, 2.45) is 0 Å². The fraction of sp³-hybridized carbons (Fsp3) is 0.0833. The van der Waals surface area contributed by atoms with E-state index in [4.69, 9.17) is 16.0 Å². The van der Waals surface area contributed by atoms with E-state index in [1.165, 1.54) is 18.2 Å². The molecule has 0 saturated carbocycles. The Morgan fingerprint density at radius 3 is 2.81 bits per heavy atom. The van der Waals surface area contributed by atoms with Crippen LogP contribution in [0.3, 0.4) is 0 Å². The zero-order valence-electron chi connectivity index (χ0n) is 10.5. The Hall–Kier alpha value is -1.51. The van der Waals surface area contributed by atoms with E-state index < -0.39 is 5.97 Å². The van der Waals surface area contributed by atoms with E-state index in [1.54, 1.807) is 6.92 Å². The Bertz CT molecular complexity index is 732. The summed E-state index contributed by atoms with van der Waals surface area (Å²) in [5.74, 6) is -1.26. The van der Waals surface area contributed by atoms with Gasteiger partial charge in [0.2, 0.25) is 5.89 Å². The molecule has 0 unspecified atom stereocenters. The molecule has 0 bridgehead atoms. The van der Waals surface area contributed by atoms with E-state index in [9.17, 15) is 15.0 Å². The number of carbonyl (C=O) groups is 1. The van der Waals surface area contributed by atoms with Crippen molar-refractivity contribution in [2.45, 2.75) is 12.1 Å². The lowest BCUT2D eigenvalue weighted by molar-refractivity contribution is -0.269. The first kappa shape index (κ1) is 15.9. The first-order chi connectivity index (χ1) is 9.86. The molecule has 2 aromatic rings. The molecular formula is C12H7BrClN2O4S-. The minimum absolute atomic E-state index is 0.0784. The Kier molecular flexibility index (Phi) is 4.92. The molecule has 0 saturated heterocycles. The smallest absolute Gasteiger partial charge is 0.342 e. The van der Waals surface area contributed by atoms with Crippen molar-refractivity contribution >= 4 is 51.3 Å². The number of thioether (sulfide) groups is 1. The number of aromatic nitrogens is 2. The number of aryl methyl sites for hydroxylation is 1. The van der Waals surface area contributed by atoms with Gasteiger partial charge >= 0.3 is 5.97 Å². The Morgan fingerprint density at radius 1 is 1.52 bits per heavy atom. The Labute approximate surface area is 137 Å². The van der Waals surface area contributed by atoms with Crippen molar-refractivity contribution < 1.29 is 19.4 Å². The maximum absolute atomic E-state index is 11.9. The van der Waals surface area contributed by atoms with Crippen LogP contribution in [0.1, 0.15) is 11.5 Å². The van der Waals surface area contributed by atoms with Gasteiger partial charge in [-0.15, -0.1) is 10.2 Å². The molecule has 0 amide bonds. The topological polar surface area (TPSA) is 99.3 Å². The second-order valence-corrected chi connectivity index (χ2v) is 6.09. The van der Waals surface area contributed by atoms with Crippen molar-refractivity contribution in [1.82, 2.24) is 10.2 Å². The molecular weight excluding hydrogens is 384 g/mol. The fourth-order valence-corrected chi connectivity index (χ4v) is 2.92. The summed E-state index contributed by atoms with van der Waals surface area (Å²) in [5, 5.41) is 28.8.